The van der Waals surface area contributed by atoms with Crippen LogP contribution in [0.4, 0.5) is 0 Å². The first-order valence-electron chi connectivity index (χ1n) is 7.29. The zero-order chi connectivity index (χ0) is 15.0. The molecule has 0 amide bonds. The van der Waals surface area contributed by atoms with E-state index < -0.39 is 0 Å². The summed E-state index contributed by atoms with van der Waals surface area (Å²) in [5, 5.41) is 18.8. The van der Waals surface area contributed by atoms with Crippen LogP contribution in [0.15, 0.2) is 48.5 Å². The number of phenols is 2. The van der Waals surface area contributed by atoms with Crippen molar-refractivity contribution in [1.29, 1.82) is 0 Å². The monoisotopic (exact) mass is 284 g/mol. The van der Waals surface area contributed by atoms with E-state index in [0.29, 0.717) is 11.8 Å². The third kappa shape index (κ3) is 2.61. The van der Waals surface area contributed by atoms with E-state index >= 15 is 0 Å². The fraction of sp³-hybridized carbons (Fsp3) is 0.333. The first-order valence-corrected chi connectivity index (χ1v) is 7.29. The van der Waals surface area contributed by atoms with E-state index in [2.05, 4.69) is 13.8 Å². The lowest BCUT2D eigenvalue weighted by atomic mass is 9.85. The lowest BCUT2D eigenvalue weighted by molar-refractivity contribution is 0.0290. The Morgan fingerprint density at radius 3 is 1.33 bits per heavy atom. The van der Waals surface area contributed by atoms with Gasteiger partial charge in [0.2, 0.25) is 0 Å². The van der Waals surface area contributed by atoms with Crippen molar-refractivity contribution in [3.63, 3.8) is 0 Å². The van der Waals surface area contributed by atoms with Crippen LogP contribution in [0.2, 0.25) is 0 Å². The summed E-state index contributed by atoms with van der Waals surface area (Å²) in [6.07, 6.45) is 0.0545. The van der Waals surface area contributed by atoms with Crippen molar-refractivity contribution in [2.45, 2.75) is 26.1 Å². The van der Waals surface area contributed by atoms with Crippen LogP contribution in [0.3, 0.4) is 0 Å². The normalized spacial score (nSPS) is 28.7. The Kier molecular flexibility index (Phi) is 3.60. The molecule has 0 bridgehead atoms. The molecule has 0 saturated carbocycles. The topological polar surface area (TPSA) is 49.7 Å². The molecule has 1 heterocycles. The van der Waals surface area contributed by atoms with E-state index in [4.69, 9.17) is 4.74 Å². The molecule has 0 unspecified atom stereocenters. The average molecular weight is 284 g/mol. The lowest BCUT2D eigenvalue weighted by Gasteiger charge is -2.16. The summed E-state index contributed by atoms with van der Waals surface area (Å²) in [6.45, 7) is 4.39. The summed E-state index contributed by atoms with van der Waals surface area (Å²) in [5.74, 6) is 1.31. The molecular weight excluding hydrogens is 264 g/mol. The first-order chi connectivity index (χ1) is 10.1. The standard InChI is InChI=1S/C18H20O3/c1-11-12(2)18(14-5-9-16(20)10-6-14)21-17(11)13-3-7-15(19)8-4-13/h3-12,17-20H,1-2H3/t11-,12-,17-,18+/m0/s1. The van der Waals surface area contributed by atoms with Gasteiger partial charge in [-0.3, -0.25) is 0 Å². The summed E-state index contributed by atoms with van der Waals surface area (Å²) < 4.78 is 6.27. The van der Waals surface area contributed by atoms with Gasteiger partial charge in [0.25, 0.3) is 0 Å². The number of rotatable bonds is 2. The molecule has 0 spiro atoms. The number of hydrogen-bond acceptors (Lipinski definition) is 3. The molecule has 4 atom stereocenters. The van der Waals surface area contributed by atoms with E-state index in [1.807, 2.05) is 24.3 Å². The quantitative estimate of drug-likeness (QED) is 0.869. The van der Waals surface area contributed by atoms with Gasteiger partial charge in [-0.2, -0.15) is 0 Å². The first kappa shape index (κ1) is 14.0. The molecule has 1 aliphatic heterocycles. The van der Waals surface area contributed by atoms with Crippen LogP contribution in [0.25, 0.3) is 0 Å². The summed E-state index contributed by atoms with van der Waals surface area (Å²) in [4.78, 5) is 0. The molecule has 110 valence electrons. The minimum Gasteiger partial charge on any atom is -0.508 e. The summed E-state index contributed by atoms with van der Waals surface area (Å²) in [6, 6.07) is 14.5. The Labute approximate surface area is 124 Å². The Bertz CT molecular complexity index is 548. The molecule has 0 aliphatic carbocycles. The third-order valence-electron chi connectivity index (χ3n) is 4.52. The maximum Gasteiger partial charge on any atom is 0.115 e. The molecule has 3 nitrogen and oxygen atoms in total. The van der Waals surface area contributed by atoms with E-state index in [1.165, 1.54) is 0 Å². The minimum absolute atomic E-state index is 0.0272. The molecule has 1 fully saturated rings. The predicted molar refractivity (Wildman–Crippen MR) is 81.1 cm³/mol. The van der Waals surface area contributed by atoms with Crippen LogP contribution in [0.5, 0.6) is 11.5 Å². The van der Waals surface area contributed by atoms with Gasteiger partial charge in [-0.1, -0.05) is 38.1 Å². The highest BCUT2D eigenvalue weighted by atomic mass is 16.5. The third-order valence-corrected chi connectivity index (χ3v) is 4.52. The Balaban J connectivity index is 1.86. The second kappa shape index (κ2) is 5.41. The Morgan fingerprint density at radius 1 is 0.667 bits per heavy atom. The second-order valence-electron chi connectivity index (χ2n) is 5.88. The molecule has 2 N–H and O–H groups in total. The number of hydrogen-bond donors (Lipinski definition) is 2. The summed E-state index contributed by atoms with van der Waals surface area (Å²) in [7, 11) is 0. The van der Waals surface area contributed by atoms with Crippen molar-refractivity contribution in [2.24, 2.45) is 11.8 Å². The van der Waals surface area contributed by atoms with Crippen molar-refractivity contribution in [1.82, 2.24) is 0 Å². The Hall–Kier alpha value is -2.00. The van der Waals surface area contributed by atoms with Crippen LogP contribution in [-0.4, -0.2) is 10.2 Å². The SMILES string of the molecule is C[C@H]1[C@H](C)[C@H](c2ccc(O)cc2)O[C@@H]1c1ccc(O)cc1. The fourth-order valence-electron chi connectivity index (χ4n) is 3.05. The van der Waals surface area contributed by atoms with Gasteiger partial charge in [0.15, 0.2) is 0 Å². The van der Waals surface area contributed by atoms with Crippen LogP contribution >= 0.6 is 0 Å². The maximum absolute atomic E-state index is 9.41. The number of aromatic hydroxyl groups is 2. The van der Waals surface area contributed by atoms with Crippen LogP contribution in [-0.2, 0) is 4.74 Å². The van der Waals surface area contributed by atoms with E-state index in [1.54, 1.807) is 24.3 Å². The molecule has 0 radical (unpaired) electrons. The van der Waals surface area contributed by atoms with Gasteiger partial charge < -0.3 is 14.9 Å². The fourth-order valence-corrected chi connectivity index (χ4v) is 3.05. The van der Waals surface area contributed by atoms with E-state index in [0.717, 1.165) is 11.1 Å². The average Bonchev–Trinajstić information content (AvgIpc) is 2.78. The molecule has 2 aromatic rings. The predicted octanol–water partition coefficient (Wildman–Crippen LogP) is 4.18. The largest absolute Gasteiger partial charge is 0.508 e. The highest BCUT2D eigenvalue weighted by Crippen LogP contribution is 2.49. The smallest absolute Gasteiger partial charge is 0.115 e. The molecule has 3 heteroatoms. The van der Waals surface area contributed by atoms with E-state index in [9.17, 15) is 10.2 Å². The van der Waals surface area contributed by atoms with Gasteiger partial charge in [-0.25, -0.2) is 0 Å². The molecule has 1 aliphatic rings. The van der Waals surface area contributed by atoms with Crippen LogP contribution < -0.4 is 0 Å². The highest BCUT2D eigenvalue weighted by Gasteiger charge is 2.40. The maximum atomic E-state index is 9.41. The Morgan fingerprint density at radius 2 is 1.00 bits per heavy atom. The molecule has 3 rings (SSSR count). The van der Waals surface area contributed by atoms with Crippen molar-refractivity contribution < 1.29 is 14.9 Å². The number of phenolic OH excluding ortho intramolecular Hbond substituents is 2. The molecule has 0 aromatic heterocycles. The molecule has 21 heavy (non-hydrogen) atoms. The van der Waals surface area contributed by atoms with Crippen molar-refractivity contribution in [3.8, 4) is 11.5 Å². The van der Waals surface area contributed by atoms with Gasteiger partial charge in [0.05, 0.1) is 12.2 Å². The van der Waals surface area contributed by atoms with Gasteiger partial charge >= 0.3 is 0 Å². The van der Waals surface area contributed by atoms with E-state index in [-0.39, 0.29) is 23.7 Å². The van der Waals surface area contributed by atoms with Gasteiger partial charge in [0.1, 0.15) is 11.5 Å². The number of benzene rings is 2. The van der Waals surface area contributed by atoms with Crippen molar-refractivity contribution in [3.05, 3.63) is 59.7 Å². The van der Waals surface area contributed by atoms with Crippen molar-refractivity contribution in [2.75, 3.05) is 0 Å². The summed E-state index contributed by atoms with van der Waals surface area (Å²) >= 11 is 0. The number of ether oxygens (including phenoxy) is 1. The zero-order valence-corrected chi connectivity index (χ0v) is 12.2. The lowest BCUT2D eigenvalue weighted by Crippen LogP contribution is -2.09. The van der Waals surface area contributed by atoms with Crippen LogP contribution in [0, 0.1) is 11.8 Å². The molecule has 2 aromatic carbocycles. The molecular formula is C18H20O3. The van der Waals surface area contributed by atoms with Gasteiger partial charge in [-0.05, 0) is 47.2 Å². The highest BCUT2D eigenvalue weighted by molar-refractivity contribution is 5.31. The van der Waals surface area contributed by atoms with Gasteiger partial charge in [-0.15, -0.1) is 0 Å². The summed E-state index contributed by atoms with van der Waals surface area (Å²) in [5.41, 5.74) is 2.18. The zero-order valence-electron chi connectivity index (χ0n) is 12.2. The second-order valence-corrected chi connectivity index (χ2v) is 5.88. The molecule has 1 saturated heterocycles. The van der Waals surface area contributed by atoms with Crippen molar-refractivity contribution >= 4 is 0 Å². The van der Waals surface area contributed by atoms with Crippen LogP contribution in [0.1, 0.15) is 37.2 Å². The minimum atomic E-state index is 0.0272. The van der Waals surface area contributed by atoms with Gasteiger partial charge in [0, 0.05) is 0 Å².